The van der Waals surface area contributed by atoms with Crippen molar-refractivity contribution in [1.82, 2.24) is 0 Å². The Morgan fingerprint density at radius 1 is 0.958 bits per heavy atom. The molecule has 124 valence electrons. The van der Waals surface area contributed by atoms with Crippen LogP contribution in [0.2, 0.25) is 0 Å². The van der Waals surface area contributed by atoms with Crippen molar-refractivity contribution in [3.8, 4) is 11.5 Å². The van der Waals surface area contributed by atoms with Gasteiger partial charge in [-0.2, -0.15) is 0 Å². The van der Waals surface area contributed by atoms with Gasteiger partial charge in [0.2, 0.25) is 0 Å². The Bertz CT molecular complexity index is 852. The largest absolute Gasteiger partial charge is 0.422 e. The van der Waals surface area contributed by atoms with Crippen molar-refractivity contribution in [2.75, 3.05) is 6.26 Å². The van der Waals surface area contributed by atoms with E-state index in [1.54, 1.807) is 26.0 Å². The standard InChI is InChI=1S/C19H18O4S/c1-11(2)18(20)22-15-10-16(24-5)17(23-19(21)12(3)4)14-9-7-6-8-13(14)15/h6-10H,1,3H2,2,4-5H3. The van der Waals surface area contributed by atoms with E-state index >= 15 is 0 Å². The van der Waals surface area contributed by atoms with Crippen LogP contribution >= 0.6 is 11.8 Å². The second-order valence-corrected chi connectivity index (χ2v) is 6.14. The molecular weight excluding hydrogens is 324 g/mol. The monoisotopic (exact) mass is 342 g/mol. The minimum absolute atomic E-state index is 0.308. The molecule has 0 aliphatic rings. The lowest BCUT2D eigenvalue weighted by Gasteiger charge is -2.15. The van der Waals surface area contributed by atoms with E-state index in [9.17, 15) is 9.59 Å². The van der Waals surface area contributed by atoms with E-state index in [1.165, 1.54) is 11.8 Å². The number of rotatable bonds is 5. The van der Waals surface area contributed by atoms with E-state index in [-0.39, 0.29) is 0 Å². The van der Waals surface area contributed by atoms with Crippen molar-refractivity contribution in [3.05, 3.63) is 54.6 Å². The van der Waals surface area contributed by atoms with Crippen LogP contribution in [0.5, 0.6) is 11.5 Å². The molecule has 0 saturated heterocycles. The van der Waals surface area contributed by atoms with E-state index in [4.69, 9.17) is 9.47 Å². The highest BCUT2D eigenvalue weighted by Gasteiger charge is 2.18. The van der Waals surface area contributed by atoms with Crippen LogP contribution in [0.25, 0.3) is 10.8 Å². The van der Waals surface area contributed by atoms with Crippen LogP contribution in [0.4, 0.5) is 0 Å². The van der Waals surface area contributed by atoms with Crippen LogP contribution in [0.3, 0.4) is 0 Å². The Hall–Kier alpha value is -2.53. The maximum Gasteiger partial charge on any atom is 0.338 e. The number of hydrogen-bond donors (Lipinski definition) is 0. The van der Waals surface area contributed by atoms with Gasteiger partial charge >= 0.3 is 11.9 Å². The van der Waals surface area contributed by atoms with Crippen molar-refractivity contribution >= 4 is 34.5 Å². The first kappa shape index (κ1) is 17.8. The van der Waals surface area contributed by atoms with Gasteiger partial charge in [-0.05, 0) is 26.2 Å². The lowest BCUT2D eigenvalue weighted by Crippen LogP contribution is -2.11. The van der Waals surface area contributed by atoms with Gasteiger partial charge in [-0.25, -0.2) is 9.59 Å². The number of benzene rings is 2. The zero-order chi connectivity index (χ0) is 17.9. The molecule has 0 aliphatic heterocycles. The molecule has 0 heterocycles. The Morgan fingerprint density at radius 2 is 1.50 bits per heavy atom. The van der Waals surface area contributed by atoms with Gasteiger partial charge < -0.3 is 9.47 Å². The summed E-state index contributed by atoms with van der Waals surface area (Å²) in [5, 5.41) is 1.36. The molecule has 0 bridgehead atoms. The molecule has 0 N–H and O–H groups in total. The number of carbonyl (C=O) groups excluding carboxylic acids is 2. The number of esters is 2. The zero-order valence-electron chi connectivity index (χ0n) is 13.8. The van der Waals surface area contributed by atoms with Gasteiger partial charge in [-0.1, -0.05) is 37.4 Å². The summed E-state index contributed by atoms with van der Waals surface area (Å²) in [5.41, 5.74) is 0.617. The fraction of sp³-hybridized carbons (Fsp3) is 0.158. The second kappa shape index (κ2) is 7.36. The summed E-state index contributed by atoms with van der Waals surface area (Å²) in [4.78, 5) is 24.5. The number of carbonyl (C=O) groups is 2. The fourth-order valence-corrected chi connectivity index (χ4v) is 2.56. The Balaban J connectivity index is 2.64. The van der Waals surface area contributed by atoms with E-state index in [2.05, 4.69) is 13.2 Å². The SMILES string of the molecule is C=C(C)C(=O)Oc1cc(SC)c(OC(=O)C(=C)C)c2ccccc12. The highest BCUT2D eigenvalue weighted by atomic mass is 32.2. The van der Waals surface area contributed by atoms with Crippen LogP contribution < -0.4 is 9.47 Å². The van der Waals surface area contributed by atoms with Crippen molar-refractivity contribution in [2.24, 2.45) is 0 Å². The molecule has 0 saturated carbocycles. The van der Waals surface area contributed by atoms with Crippen LogP contribution in [-0.2, 0) is 9.59 Å². The van der Waals surface area contributed by atoms with E-state index < -0.39 is 11.9 Å². The lowest BCUT2D eigenvalue weighted by atomic mass is 10.1. The highest BCUT2D eigenvalue weighted by Crippen LogP contribution is 2.41. The molecule has 2 aromatic carbocycles. The minimum Gasteiger partial charge on any atom is -0.422 e. The summed E-state index contributed by atoms with van der Waals surface area (Å²) in [7, 11) is 0. The normalized spacial score (nSPS) is 10.3. The number of thioether (sulfide) groups is 1. The summed E-state index contributed by atoms with van der Waals surface area (Å²) in [6.07, 6.45) is 1.85. The molecule has 0 spiro atoms. The number of fused-ring (bicyclic) bond motifs is 1. The predicted octanol–water partition coefficient (Wildman–Crippen LogP) is 4.52. The van der Waals surface area contributed by atoms with Crippen LogP contribution in [0.1, 0.15) is 13.8 Å². The van der Waals surface area contributed by atoms with Gasteiger partial charge in [-0.3, -0.25) is 0 Å². The highest BCUT2D eigenvalue weighted by molar-refractivity contribution is 7.98. The van der Waals surface area contributed by atoms with Crippen LogP contribution in [0.15, 0.2) is 59.5 Å². The summed E-state index contributed by atoms with van der Waals surface area (Å²) in [6.45, 7) is 10.4. The molecular formula is C19H18O4S. The van der Waals surface area contributed by atoms with Crippen molar-refractivity contribution in [1.29, 1.82) is 0 Å². The average Bonchev–Trinajstić information content (AvgIpc) is 2.56. The van der Waals surface area contributed by atoms with Crippen molar-refractivity contribution in [2.45, 2.75) is 18.7 Å². The molecule has 0 atom stereocenters. The Labute approximate surface area is 145 Å². The smallest absolute Gasteiger partial charge is 0.338 e. The lowest BCUT2D eigenvalue weighted by molar-refractivity contribution is -0.131. The van der Waals surface area contributed by atoms with Crippen LogP contribution in [0, 0.1) is 0 Å². The summed E-state index contributed by atoms with van der Waals surface area (Å²) < 4.78 is 10.9. The summed E-state index contributed by atoms with van der Waals surface area (Å²) in [5.74, 6) is -0.166. The molecule has 2 aromatic rings. The molecule has 4 nitrogen and oxygen atoms in total. The van der Waals surface area contributed by atoms with Gasteiger partial charge in [0.15, 0.2) is 5.75 Å². The Kier molecular flexibility index (Phi) is 5.46. The number of ether oxygens (including phenoxy) is 2. The molecule has 0 unspecified atom stereocenters. The molecule has 2 rings (SSSR count). The first-order chi connectivity index (χ1) is 11.3. The van der Waals surface area contributed by atoms with Gasteiger partial charge in [-0.15, -0.1) is 11.8 Å². The first-order valence-corrected chi connectivity index (χ1v) is 8.42. The first-order valence-electron chi connectivity index (χ1n) is 7.20. The molecule has 24 heavy (non-hydrogen) atoms. The topological polar surface area (TPSA) is 52.6 Å². The molecule has 5 heteroatoms. The van der Waals surface area contributed by atoms with Crippen molar-refractivity contribution in [3.63, 3.8) is 0 Å². The second-order valence-electron chi connectivity index (χ2n) is 5.29. The quantitative estimate of drug-likeness (QED) is 0.346. The third-order valence-electron chi connectivity index (χ3n) is 3.24. The third-order valence-corrected chi connectivity index (χ3v) is 3.98. The molecule has 0 fully saturated rings. The van der Waals surface area contributed by atoms with Gasteiger partial charge in [0.25, 0.3) is 0 Å². The minimum atomic E-state index is -0.501. The molecule has 0 aromatic heterocycles. The van der Waals surface area contributed by atoms with E-state index in [0.717, 1.165) is 0 Å². The molecule has 0 radical (unpaired) electrons. The fourth-order valence-electron chi connectivity index (χ4n) is 2.00. The van der Waals surface area contributed by atoms with E-state index in [1.807, 2.05) is 24.5 Å². The number of hydrogen-bond acceptors (Lipinski definition) is 5. The Morgan fingerprint density at radius 3 is 2.04 bits per heavy atom. The zero-order valence-corrected chi connectivity index (χ0v) is 14.7. The van der Waals surface area contributed by atoms with E-state index in [0.29, 0.717) is 38.3 Å². The maximum atomic E-state index is 11.9. The molecule has 0 aliphatic carbocycles. The van der Waals surface area contributed by atoms with Crippen molar-refractivity contribution < 1.29 is 19.1 Å². The average molecular weight is 342 g/mol. The predicted molar refractivity (Wildman–Crippen MR) is 96.6 cm³/mol. The maximum absolute atomic E-state index is 11.9. The van der Waals surface area contributed by atoms with Crippen LogP contribution in [-0.4, -0.2) is 18.2 Å². The summed E-state index contributed by atoms with van der Waals surface area (Å²) in [6, 6.07) is 8.96. The third kappa shape index (κ3) is 3.68. The van der Waals surface area contributed by atoms with Gasteiger partial charge in [0, 0.05) is 21.9 Å². The summed E-state index contributed by atoms with van der Waals surface area (Å²) >= 11 is 1.39. The van der Waals surface area contributed by atoms with Gasteiger partial charge in [0.1, 0.15) is 5.75 Å². The molecule has 0 amide bonds. The van der Waals surface area contributed by atoms with Gasteiger partial charge in [0.05, 0.1) is 4.90 Å².